The van der Waals surface area contributed by atoms with Crippen molar-refractivity contribution in [2.75, 3.05) is 12.0 Å². The van der Waals surface area contributed by atoms with Crippen LogP contribution in [0.25, 0.3) is 0 Å². The van der Waals surface area contributed by atoms with Crippen molar-refractivity contribution in [3.8, 4) is 5.75 Å². The van der Waals surface area contributed by atoms with E-state index in [-0.39, 0.29) is 11.8 Å². The Kier molecular flexibility index (Phi) is 5.74. The summed E-state index contributed by atoms with van der Waals surface area (Å²) in [5, 5.41) is 3.05. The number of amides is 2. The maximum atomic E-state index is 13.6. The first kappa shape index (κ1) is 21.6. The molecule has 0 unspecified atom stereocenters. The number of hydrogen-bond donors (Lipinski definition) is 1. The summed E-state index contributed by atoms with van der Waals surface area (Å²) in [6.45, 7) is 6.19. The molecule has 4 rings (SSSR count). The van der Waals surface area contributed by atoms with Crippen LogP contribution in [0.3, 0.4) is 0 Å². The third-order valence-corrected chi connectivity index (χ3v) is 6.02. The lowest BCUT2D eigenvalue weighted by atomic mass is 9.82. The summed E-state index contributed by atoms with van der Waals surface area (Å²) < 4.78 is 5.28. The van der Waals surface area contributed by atoms with Crippen LogP contribution in [-0.4, -0.2) is 24.5 Å². The number of carbonyl (C=O) groups excluding carboxylic acids is 2. The molecule has 0 saturated heterocycles. The van der Waals surface area contributed by atoms with E-state index in [1.54, 1.807) is 12.0 Å². The first-order valence-corrected chi connectivity index (χ1v) is 10.7. The number of aryl methyl sites for hydroxylation is 2. The Labute approximate surface area is 189 Å². The maximum absolute atomic E-state index is 13.6. The van der Waals surface area contributed by atoms with E-state index in [1.165, 1.54) is 0 Å². The van der Waals surface area contributed by atoms with E-state index in [0.717, 1.165) is 33.7 Å². The number of fused-ring (bicyclic) bond motifs is 1. The first-order valence-electron chi connectivity index (χ1n) is 10.7. The molecule has 0 spiro atoms. The van der Waals surface area contributed by atoms with Gasteiger partial charge in [-0.15, -0.1) is 0 Å². The molecule has 0 fully saturated rings. The zero-order valence-electron chi connectivity index (χ0n) is 18.9. The van der Waals surface area contributed by atoms with Gasteiger partial charge >= 0.3 is 0 Å². The van der Waals surface area contributed by atoms with Crippen molar-refractivity contribution in [3.63, 3.8) is 0 Å². The van der Waals surface area contributed by atoms with E-state index < -0.39 is 5.54 Å². The van der Waals surface area contributed by atoms with Crippen LogP contribution in [0.4, 0.5) is 5.69 Å². The SMILES string of the molecule is COc1cccc(CNC(=O)[C@@]2(C)Cc3ccccc3C(=O)N2c2cc(C)cc(C)c2)c1. The van der Waals surface area contributed by atoms with Gasteiger partial charge in [0.2, 0.25) is 5.91 Å². The van der Waals surface area contributed by atoms with Gasteiger partial charge in [-0.1, -0.05) is 36.4 Å². The summed E-state index contributed by atoms with van der Waals surface area (Å²) in [6, 6.07) is 21.1. The summed E-state index contributed by atoms with van der Waals surface area (Å²) in [5.41, 5.74) is 4.23. The number of methoxy groups -OCH3 is 1. The van der Waals surface area contributed by atoms with Crippen LogP contribution < -0.4 is 15.0 Å². The van der Waals surface area contributed by atoms with E-state index in [0.29, 0.717) is 18.5 Å². The number of hydrogen-bond acceptors (Lipinski definition) is 3. The van der Waals surface area contributed by atoms with Crippen LogP contribution in [0.15, 0.2) is 66.7 Å². The lowest BCUT2D eigenvalue weighted by Gasteiger charge is -2.44. The monoisotopic (exact) mass is 428 g/mol. The molecule has 0 aromatic heterocycles. The van der Waals surface area contributed by atoms with Crippen LogP contribution in [0.5, 0.6) is 5.75 Å². The molecule has 0 saturated carbocycles. The topological polar surface area (TPSA) is 58.6 Å². The van der Waals surface area contributed by atoms with Crippen molar-refractivity contribution < 1.29 is 14.3 Å². The molecule has 32 heavy (non-hydrogen) atoms. The molecular formula is C27H28N2O3. The van der Waals surface area contributed by atoms with Crippen molar-refractivity contribution >= 4 is 17.5 Å². The van der Waals surface area contributed by atoms with Gasteiger partial charge in [0, 0.05) is 24.2 Å². The number of carbonyl (C=O) groups is 2. The molecule has 3 aromatic carbocycles. The zero-order chi connectivity index (χ0) is 22.9. The lowest BCUT2D eigenvalue weighted by Crippen LogP contribution is -2.63. The molecule has 1 aliphatic rings. The summed E-state index contributed by atoms with van der Waals surface area (Å²) in [5.74, 6) is 0.389. The Balaban J connectivity index is 1.72. The molecule has 0 aliphatic carbocycles. The highest BCUT2D eigenvalue weighted by atomic mass is 16.5. The first-order chi connectivity index (χ1) is 15.3. The van der Waals surface area contributed by atoms with Crippen molar-refractivity contribution in [1.29, 1.82) is 0 Å². The fourth-order valence-electron chi connectivity index (χ4n) is 4.50. The number of rotatable bonds is 5. The quantitative estimate of drug-likeness (QED) is 0.647. The van der Waals surface area contributed by atoms with Gasteiger partial charge in [-0.2, -0.15) is 0 Å². The molecule has 2 amide bonds. The number of benzene rings is 3. The lowest BCUT2D eigenvalue weighted by molar-refractivity contribution is -0.126. The van der Waals surface area contributed by atoms with Crippen molar-refractivity contribution in [2.45, 2.75) is 39.3 Å². The van der Waals surface area contributed by atoms with Gasteiger partial charge in [0.1, 0.15) is 11.3 Å². The Morgan fingerprint density at radius 1 is 1.03 bits per heavy atom. The minimum Gasteiger partial charge on any atom is -0.497 e. The molecule has 3 aromatic rings. The Hall–Kier alpha value is -3.60. The maximum Gasteiger partial charge on any atom is 0.259 e. The molecule has 5 nitrogen and oxygen atoms in total. The molecule has 5 heteroatoms. The number of anilines is 1. The van der Waals surface area contributed by atoms with Gasteiger partial charge in [0.25, 0.3) is 5.91 Å². The van der Waals surface area contributed by atoms with Crippen molar-refractivity contribution in [2.24, 2.45) is 0 Å². The van der Waals surface area contributed by atoms with Gasteiger partial charge in [-0.25, -0.2) is 0 Å². The normalized spacial score (nSPS) is 17.6. The van der Waals surface area contributed by atoms with Crippen LogP contribution in [0.2, 0.25) is 0 Å². The number of nitrogens with zero attached hydrogens (tertiary/aromatic N) is 1. The third kappa shape index (κ3) is 3.98. The third-order valence-electron chi connectivity index (χ3n) is 6.02. The van der Waals surface area contributed by atoms with Crippen LogP contribution >= 0.6 is 0 Å². The van der Waals surface area contributed by atoms with E-state index in [4.69, 9.17) is 4.74 Å². The predicted octanol–water partition coefficient (Wildman–Crippen LogP) is 4.59. The van der Waals surface area contributed by atoms with Gasteiger partial charge in [0.15, 0.2) is 0 Å². The summed E-state index contributed by atoms with van der Waals surface area (Å²) in [7, 11) is 1.62. The van der Waals surface area contributed by atoms with Gasteiger partial charge in [-0.05, 0) is 73.4 Å². The standard InChI is InChI=1S/C27H28N2O3/c1-18-12-19(2)14-22(13-18)29-25(30)24-11-6-5-9-21(24)16-27(29,3)26(31)28-17-20-8-7-10-23(15-20)32-4/h5-15H,16-17H2,1-4H3,(H,28,31)/t27-/m1/s1. The van der Waals surface area contributed by atoms with Crippen LogP contribution in [0, 0.1) is 13.8 Å². The van der Waals surface area contributed by atoms with Crippen molar-refractivity contribution in [1.82, 2.24) is 5.32 Å². The molecule has 164 valence electrons. The second-order valence-corrected chi connectivity index (χ2v) is 8.63. The highest BCUT2D eigenvalue weighted by molar-refractivity contribution is 6.14. The second-order valence-electron chi connectivity index (χ2n) is 8.63. The molecule has 1 N–H and O–H groups in total. The van der Waals surface area contributed by atoms with Crippen LogP contribution in [0.1, 0.15) is 39.5 Å². The summed E-state index contributed by atoms with van der Waals surface area (Å²) in [4.78, 5) is 28.9. The summed E-state index contributed by atoms with van der Waals surface area (Å²) >= 11 is 0. The Morgan fingerprint density at radius 3 is 2.47 bits per heavy atom. The molecule has 1 heterocycles. The Morgan fingerprint density at radius 2 is 1.75 bits per heavy atom. The molecule has 1 aliphatic heterocycles. The predicted molar refractivity (Wildman–Crippen MR) is 126 cm³/mol. The zero-order valence-corrected chi connectivity index (χ0v) is 18.9. The number of ether oxygens (including phenoxy) is 1. The Bertz CT molecular complexity index is 1170. The number of nitrogens with one attached hydrogen (secondary N) is 1. The van der Waals surface area contributed by atoms with E-state index in [9.17, 15) is 9.59 Å². The smallest absolute Gasteiger partial charge is 0.259 e. The van der Waals surface area contributed by atoms with Gasteiger partial charge < -0.3 is 10.1 Å². The second kappa shape index (κ2) is 8.50. The largest absolute Gasteiger partial charge is 0.497 e. The minimum atomic E-state index is -1.06. The van der Waals surface area contributed by atoms with Gasteiger partial charge in [0.05, 0.1) is 7.11 Å². The van der Waals surface area contributed by atoms with Gasteiger partial charge in [-0.3, -0.25) is 14.5 Å². The minimum absolute atomic E-state index is 0.157. The molecule has 1 atom stereocenters. The molecule has 0 radical (unpaired) electrons. The molecule has 0 bridgehead atoms. The van der Waals surface area contributed by atoms with Crippen molar-refractivity contribution in [3.05, 3.63) is 94.5 Å². The average molecular weight is 429 g/mol. The fraction of sp³-hybridized carbons (Fsp3) is 0.259. The average Bonchev–Trinajstić information content (AvgIpc) is 2.77. The van der Waals surface area contributed by atoms with Crippen LogP contribution in [-0.2, 0) is 17.8 Å². The fourth-order valence-corrected chi connectivity index (χ4v) is 4.50. The van der Waals surface area contributed by atoms with E-state index >= 15 is 0 Å². The molecular weight excluding hydrogens is 400 g/mol. The summed E-state index contributed by atoms with van der Waals surface area (Å²) in [6.07, 6.45) is 0.436. The highest BCUT2D eigenvalue weighted by Crippen LogP contribution is 2.36. The van der Waals surface area contributed by atoms with E-state index in [1.807, 2.05) is 81.4 Å². The highest BCUT2D eigenvalue weighted by Gasteiger charge is 2.47. The van der Waals surface area contributed by atoms with E-state index in [2.05, 4.69) is 11.4 Å².